The predicted octanol–water partition coefficient (Wildman–Crippen LogP) is 4.51. The molecule has 32 heavy (non-hydrogen) atoms. The maximum Gasteiger partial charge on any atom is 0.338 e. The molecule has 0 saturated heterocycles. The molecule has 1 amide bonds. The van der Waals surface area contributed by atoms with E-state index in [1.807, 2.05) is 13.8 Å². The minimum Gasteiger partial charge on any atom is -0.462 e. The molecule has 0 fully saturated rings. The first kappa shape index (κ1) is 22.6. The third-order valence-corrected chi connectivity index (χ3v) is 4.60. The van der Waals surface area contributed by atoms with Crippen molar-refractivity contribution in [3.63, 3.8) is 0 Å². The van der Waals surface area contributed by atoms with E-state index in [9.17, 15) is 19.7 Å². The van der Waals surface area contributed by atoms with E-state index in [0.717, 1.165) is 17.7 Å². The number of nitro groups is 1. The summed E-state index contributed by atoms with van der Waals surface area (Å²) in [5, 5.41) is 18.0. The second-order valence-electron chi connectivity index (χ2n) is 7.31. The van der Waals surface area contributed by atoms with Gasteiger partial charge in [-0.2, -0.15) is 4.98 Å². The quantitative estimate of drug-likeness (QED) is 0.323. The van der Waals surface area contributed by atoms with Crippen LogP contribution < -0.4 is 5.32 Å². The van der Waals surface area contributed by atoms with Gasteiger partial charge in [-0.05, 0) is 31.5 Å². The molecule has 3 rings (SSSR count). The first-order chi connectivity index (χ1) is 15.2. The number of carbonyl (C=O) groups is 2. The summed E-state index contributed by atoms with van der Waals surface area (Å²) in [5.41, 5.74) is 1.09. The summed E-state index contributed by atoms with van der Waals surface area (Å²) in [6.07, 6.45) is 0. The van der Waals surface area contributed by atoms with Gasteiger partial charge in [0.2, 0.25) is 0 Å². The van der Waals surface area contributed by atoms with Crippen LogP contribution in [0.5, 0.6) is 0 Å². The summed E-state index contributed by atoms with van der Waals surface area (Å²) in [7, 11) is 0. The van der Waals surface area contributed by atoms with Crippen LogP contribution in [0, 0.1) is 17.0 Å². The van der Waals surface area contributed by atoms with E-state index in [0.29, 0.717) is 17.1 Å². The number of amides is 1. The Labute approximate surface area is 183 Å². The van der Waals surface area contributed by atoms with Crippen LogP contribution in [0.3, 0.4) is 0 Å². The van der Waals surface area contributed by atoms with Crippen molar-refractivity contribution in [3.8, 4) is 11.5 Å². The first-order valence-corrected chi connectivity index (χ1v) is 9.92. The number of non-ortho nitro benzene ring substituents is 1. The van der Waals surface area contributed by atoms with Crippen molar-refractivity contribution in [3.05, 3.63) is 69.0 Å². The molecule has 0 unspecified atom stereocenters. The van der Waals surface area contributed by atoms with Crippen molar-refractivity contribution < 1.29 is 23.8 Å². The first-order valence-electron chi connectivity index (χ1n) is 9.92. The summed E-state index contributed by atoms with van der Waals surface area (Å²) < 4.78 is 10.3. The Morgan fingerprint density at radius 2 is 1.94 bits per heavy atom. The molecule has 0 bridgehead atoms. The number of hydrogen-bond acceptors (Lipinski definition) is 8. The zero-order valence-electron chi connectivity index (χ0n) is 18.0. The predicted molar refractivity (Wildman–Crippen MR) is 116 cm³/mol. The largest absolute Gasteiger partial charge is 0.462 e. The number of para-hydroxylation sites is 1. The van der Waals surface area contributed by atoms with Crippen molar-refractivity contribution in [2.45, 2.75) is 33.6 Å². The number of carbonyl (C=O) groups excluding carboxylic acids is 2. The molecule has 0 aliphatic heterocycles. The Morgan fingerprint density at radius 3 is 2.56 bits per heavy atom. The number of nitro benzene ring substituents is 1. The van der Waals surface area contributed by atoms with Crippen LogP contribution in [0.4, 0.5) is 11.4 Å². The number of rotatable bonds is 7. The molecule has 0 aliphatic rings. The number of benzene rings is 2. The van der Waals surface area contributed by atoms with Crippen molar-refractivity contribution >= 4 is 23.3 Å². The van der Waals surface area contributed by atoms with E-state index in [4.69, 9.17) is 9.26 Å². The highest BCUT2D eigenvalue weighted by molar-refractivity contribution is 6.08. The topological polar surface area (TPSA) is 137 Å². The average molecular weight is 438 g/mol. The molecule has 3 aromatic rings. The van der Waals surface area contributed by atoms with E-state index in [-0.39, 0.29) is 29.5 Å². The van der Waals surface area contributed by atoms with Gasteiger partial charge in [0, 0.05) is 23.6 Å². The zero-order valence-corrected chi connectivity index (χ0v) is 18.0. The average Bonchev–Trinajstić information content (AvgIpc) is 3.25. The fraction of sp³-hybridized carbons (Fsp3) is 0.273. The Balaban J connectivity index is 2.00. The molecule has 2 aromatic carbocycles. The number of nitrogens with one attached hydrogen (secondary N) is 1. The molecule has 1 heterocycles. The van der Waals surface area contributed by atoms with Gasteiger partial charge in [-0.3, -0.25) is 14.9 Å². The molecule has 166 valence electrons. The normalized spacial score (nSPS) is 10.8. The lowest BCUT2D eigenvalue weighted by molar-refractivity contribution is -0.384. The van der Waals surface area contributed by atoms with Crippen LogP contribution in [-0.4, -0.2) is 33.5 Å². The number of aromatic nitrogens is 2. The van der Waals surface area contributed by atoms with E-state index >= 15 is 0 Å². The van der Waals surface area contributed by atoms with E-state index in [1.165, 1.54) is 6.07 Å². The number of ether oxygens (including phenoxy) is 1. The van der Waals surface area contributed by atoms with Gasteiger partial charge in [0.25, 0.3) is 17.5 Å². The van der Waals surface area contributed by atoms with Gasteiger partial charge in [0.15, 0.2) is 5.82 Å². The lowest BCUT2D eigenvalue weighted by Crippen LogP contribution is -2.15. The zero-order chi connectivity index (χ0) is 23.4. The molecule has 0 atom stereocenters. The Hall–Kier alpha value is -4.08. The minimum atomic E-state index is -0.756. The molecule has 0 aliphatic carbocycles. The van der Waals surface area contributed by atoms with Gasteiger partial charge in [-0.1, -0.05) is 31.1 Å². The van der Waals surface area contributed by atoms with Crippen LogP contribution in [0.1, 0.15) is 58.8 Å². The van der Waals surface area contributed by atoms with Crippen LogP contribution in [0.25, 0.3) is 11.5 Å². The monoisotopic (exact) mass is 438 g/mol. The number of aryl methyl sites for hydroxylation is 1. The third-order valence-electron chi connectivity index (χ3n) is 4.60. The smallest absolute Gasteiger partial charge is 0.338 e. The van der Waals surface area contributed by atoms with Crippen molar-refractivity contribution in [2.24, 2.45) is 0 Å². The van der Waals surface area contributed by atoms with Gasteiger partial charge in [-0.15, -0.1) is 0 Å². The Bertz CT molecular complexity index is 1180. The van der Waals surface area contributed by atoms with Gasteiger partial charge in [-0.25, -0.2) is 4.79 Å². The van der Waals surface area contributed by atoms with Gasteiger partial charge < -0.3 is 14.6 Å². The van der Waals surface area contributed by atoms with E-state index in [2.05, 4.69) is 15.5 Å². The fourth-order valence-corrected chi connectivity index (χ4v) is 2.96. The van der Waals surface area contributed by atoms with Gasteiger partial charge >= 0.3 is 5.97 Å². The highest BCUT2D eigenvalue weighted by atomic mass is 16.6. The summed E-state index contributed by atoms with van der Waals surface area (Å²) in [6.45, 7) is 7.35. The highest BCUT2D eigenvalue weighted by Gasteiger charge is 2.22. The molecule has 1 aromatic heterocycles. The lowest BCUT2D eigenvalue weighted by atomic mass is 10.1. The van der Waals surface area contributed by atoms with E-state index < -0.39 is 22.5 Å². The lowest BCUT2D eigenvalue weighted by Gasteiger charge is -2.12. The summed E-state index contributed by atoms with van der Waals surface area (Å²) in [5.74, 6) is -0.579. The number of esters is 1. The second-order valence-corrected chi connectivity index (χ2v) is 7.31. The molecular weight excluding hydrogens is 416 g/mol. The third kappa shape index (κ3) is 4.80. The fourth-order valence-electron chi connectivity index (χ4n) is 2.96. The number of nitrogens with zero attached hydrogens (tertiary/aromatic N) is 3. The standard InChI is InChI=1S/C22H22N4O6/c1-5-31-22(28)15-9-14(10-16(11-15)26(29)30)20(27)23-18-13(4)7-6-8-17(18)21-24-19(12(2)3)25-32-21/h6-12H,5H2,1-4H3,(H,23,27). The number of hydrogen-bond donors (Lipinski definition) is 1. The molecular formula is C22H22N4O6. The van der Waals surface area contributed by atoms with Gasteiger partial charge in [0.05, 0.1) is 28.3 Å². The van der Waals surface area contributed by atoms with Crippen LogP contribution in [0.15, 0.2) is 40.9 Å². The summed E-state index contributed by atoms with van der Waals surface area (Å²) >= 11 is 0. The van der Waals surface area contributed by atoms with Crippen LogP contribution in [0.2, 0.25) is 0 Å². The molecule has 1 N–H and O–H groups in total. The minimum absolute atomic E-state index is 0.0570. The molecule has 0 spiro atoms. The van der Waals surface area contributed by atoms with E-state index in [1.54, 1.807) is 32.0 Å². The van der Waals surface area contributed by atoms with Crippen molar-refractivity contribution in [2.75, 3.05) is 11.9 Å². The summed E-state index contributed by atoms with van der Waals surface area (Å²) in [4.78, 5) is 40.1. The molecule has 0 radical (unpaired) electrons. The maximum atomic E-state index is 13.0. The molecule has 0 saturated carbocycles. The Kier molecular flexibility index (Phi) is 6.62. The van der Waals surface area contributed by atoms with Crippen LogP contribution >= 0.6 is 0 Å². The van der Waals surface area contributed by atoms with Crippen LogP contribution in [-0.2, 0) is 4.74 Å². The van der Waals surface area contributed by atoms with Crippen molar-refractivity contribution in [1.29, 1.82) is 0 Å². The van der Waals surface area contributed by atoms with Crippen molar-refractivity contribution in [1.82, 2.24) is 10.1 Å². The maximum absolute atomic E-state index is 13.0. The molecule has 10 heteroatoms. The highest BCUT2D eigenvalue weighted by Crippen LogP contribution is 2.31. The summed E-state index contributed by atoms with van der Waals surface area (Å²) in [6, 6.07) is 8.71. The SMILES string of the molecule is CCOC(=O)c1cc(C(=O)Nc2c(C)cccc2-c2nc(C(C)C)no2)cc([N+](=O)[O-])c1. The second kappa shape index (κ2) is 9.38. The number of anilines is 1. The molecule has 10 nitrogen and oxygen atoms in total. The van der Waals surface area contributed by atoms with Gasteiger partial charge in [0.1, 0.15) is 0 Å². The Morgan fingerprint density at radius 1 is 1.22 bits per heavy atom.